The fourth-order valence-electron chi connectivity index (χ4n) is 2.83. The number of hydrogen-bond donors (Lipinski definition) is 2. The third kappa shape index (κ3) is 3.17. The average molecular weight is 260 g/mol. The van der Waals surface area contributed by atoms with Gasteiger partial charge in [-0.1, -0.05) is 18.2 Å². The summed E-state index contributed by atoms with van der Waals surface area (Å²) in [4.78, 5) is 2.50. The van der Waals surface area contributed by atoms with Crippen molar-refractivity contribution in [2.75, 3.05) is 26.2 Å². The molecule has 0 bridgehead atoms. The van der Waals surface area contributed by atoms with Gasteiger partial charge in [0.05, 0.1) is 0 Å². The minimum absolute atomic E-state index is 0.373. The molecule has 1 aromatic rings. The molecule has 0 aliphatic carbocycles. The van der Waals surface area contributed by atoms with E-state index in [-0.39, 0.29) is 0 Å². The summed E-state index contributed by atoms with van der Waals surface area (Å²) >= 11 is 0. The molecular formula is C16H24N2O. The zero-order chi connectivity index (χ0) is 13.8. The van der Waals surface area contributed by atoms with Crippen molar-refractivity contribution < 1.29 is 5.11 Å². The number of aryl methyl sites for hydroxylation is 2. The maximum absolute atomic E-state index is 9.91. The lowest BCUT2D eigenvalue weighted by Crippen LogP contribution is -2.45. The second-order valence-corrected chi connectivity index (χ2v) is 5.33. The molecule has 0 aromatic heterocycles. The predicted octanol–water partition coefficient (Wildman–Crippen LogP) is 2.53. The molecule has 0 saturated carbocycles. The second kappa shape index (κ2) is 6.22. The van der Waals surface area contributed by atoms with Crippen LogP contribution in [0.4, 0.5) is 0 Å². The van der Waals surface area contributed by atoms with Gasteiger partial charge in [-0.2, -0.15) is 0 Å². The van der Waals surface area contributed by atoms with Crippen molar-refractivity contribution in [2.24, 2.45) is 0 Å². The summed E-state index contributed by atoms with van der Waals surface area (Å²) < 4.78 is 0. The fraction of sp³-hybridized carbons (Fsp3) is 0.500. The SMILES string of the molecule is C=CC[C@@H](c1cc(C)c(O)c(C)c1)N1CCNCC1. The summed E-state index contributed by atoms with van der Waals surface area (Å²) in [5.74, 6) is 0.418. The van der Waals surface area contributed by atoms with E-state index < -0.39 is 0 Å². The summed E-state index contributed by atoms with van der Waals surface area (Å²) in [6, 6.07) is 4.59. The number of phenolic OH excluding ortho intramolecular Hbond substituents is 1. The van der Waals surface area contributed by atoms with Crippen LogP contribution >= 0.6 is 0 Å². The number of benzene rings is 1. The van der Waals surface area contributed by atoms with Gasteiger partial charge in [0, 0.05) is 32.2 Å². The summed E-state index contributed by atoms with van der Waals surface area (Å²) in [7, 11) is 0. The van der Waals surface area contributed by atoms with Crippen molar-refractivity contribution in [3.63, 3.8) is 0 Å². The van der Waals surface area contributed by atoms with E-state index in [4.69, 9.17) is 0 Å². The molecule has 3 nitrogen and oxygen atoms in total. The smallest absolute Gasteiger partial charge is 0.121 e. The van der Waals surface area contributed by atoms with Crippen LogP contribution in [0.2, 0.25) is 0 Å². The van der Waals surface area contributed by atoms with Crippen LogP contribution in [0.1, 0.15) is 29.2 Å². The van der Waals surface area contributed by atoms with Gasteiger partial charge >= 0.3 is 0 Å². The minimum Gasteiger partial charge on any atom is -0.507 e. The third-order valence-corrected chi connectivity index (χ3v) is 3.88. The molecule has 1 aromatic carbocycles. The van der Waals surface area contributed by atoms with Crippen molar-refractivity contribution in [2.45, 2.75) is 26.3 Å². The van der Waals surface area contributed by atoms with Crippen LogP contribution in [0.25, 0.3) is 0 Å². The van der Waals surface area contributed by atoms with Crippen LogP contribution in [0.15, 0.2) is 24.8 Å². The Bertz CT molecular complexity index is 427. The lowest BCUT2D eigenvalue weighted by Gasteiger charge is -2.35. The molecule has 19 heavy (non-hydrogen) atoms. The molecule has 1 atom stereocenters. The molecule has 0 radical (unpaired) electrons. The van der Waals surface area contributed by atoms with E-state index in [2.05, 4.69) is 28.9 Å². The Morgan fingerprint density at radius 3 is 2.42 bits per heavy atom. The standard InChI is InChI=1S/C16H24N2O/c1-4-5-15(18-8-6-17-7-9-18)14-10-12(2)16(19)13(3)11-14/h4,10-11,15,17,19H,1,5-9H2,2-3H3/t15-/m0/s1. The Kier molecular flexibility index (Phi) is 4.61. The summed E-state index contributed by atoms with van der Waals surface area (Å²) in [5.41, 5.74) is 3.20. The van der Waals surface area contributed by atoms with Gasteiger partial charge in [0.1, 0.15) is 5.75 Å². The van der Waals surface area contributed by atoms with E-state index in [9.17, 15) is 5.11 Å². The van der Waals surface area contributed by atoms with Gasteiger partial charge in [-0.3, -0.25) is 4.90 Å². The molecule has 3 heteroatoms. The van der Waals surface area contributed by atoms with E-state index in [1.807, 2.05) is 19.9 Å². The Balaban J connectivity index is 2.29. The number of nitrogens with zero attached hydrogens (tertiary/aromatic N) is 1. The van der Waals surface area contributed by atoms with Crippen molar-refractivity contribution in [3.8, 4) is 5.75 Å². The normalized spacial score (nSPS) is 18.2. The lowest BCUT2D eigenvalue weighted by molar-refractivity contribution is 0.174. The molecule has 2 rings (SSSR count). The summed E-state index contributed by atoms with van der Waals surface area (Å²) in [5, 5.41) is 13.3. The van der Waals surface area contributed by atoms with E-state index >= 15 is 0 Å². The molecule has 1 fully saturated rings. The number of aromatic hydroxyl groups is 1. The topological polar surface area (TPSA) is 35.5 Å². The third-order valence-electron chi connectivity index (χ3n) is 3.88. The highest BCUT2D eigenvalue weighted by Crippen LogP contribution is 2.31. The zero-order valence-corrected chi connectivity index (χ0v) is 11.9. The van der Waals surface area contributed by atoms with Crippen molar-refractivity contribution >= 4 is 0 Å². The first-order valence-electron chi connectivity index (χ1n) is 6.99. The molecular weight excluding hydrogens is 236 g/mol. The average Bonchev–Trinajstić information content (AvgIpc) is 2.42. The van der Waals surface area contributed by atoms with Gasteiger partial charge in [-0.15, -0.1) is 6.58 Å². The first kappa shape index (κ1) is 14.1. The number of nitrogens with one attached hydrogen (secondary N) is 1. The molecule has 0 unspecified atom stereocenters. The van der Waals surface area contributed by atoms with Crippen LogP contribution < -0.4 is 5.32 Å². The molecule has 1 aliphatic rings. The molecule has 1 heterocycles. The van der Waals surface area contributed by atoms with E-state index in [0.717, 1.165) is 43.7 Å². The first-order valence-corrected chi connectivity index (χ1v) is 6.99. The van der Waals surface area contributed by atoms with Gasteiger partial charge in [-0.05, 0) is 37.0 Å². The molecule has 1 aliphatic heterocycles. The minimum atomic E-state index is 0.373. The highest BCUT2D eigenvalue weighted by molar-refractivity contribution is 5.43. The number of rotatable bonds is 4. The fourth-order valence-corrected chi connectivity index (χ4v) is 2.83. The number of piperazine rings is 1. The van der Waals surface area contributed by atoms with Crippen LogP contribution in [0, 0.1) is 13.8 Å². The van der Waals surface area contributed by atoms with Crippen molar-refractivity contribution in [1.82, 2.24) is 10.2 Å². The molecule has 0 spiro atoms. The highest BCUT2D eigenvalue weighted by Gasteiger charge is 2.22. The number of hydrogen-bond acceptors (Lipinski definition) is 3. The Morgan fingerprint density at radius 2 is 1.89 bits per heavy atom. The maximum Gasteiger partial charge on any atom is 0.121 e. The monoisotopic (exact) mass is 260 g/mol. The number of phenols is 1. The largest absolute Gasteiger partial charge is 0.507 e. The molecule has 2 N–H and O–H groups in total. The Hall–Kier alpha value is -1.32. The highest BCUT2D eigenvalue weighted by atomic mass is 16.3. The van der Waals surface area contributed by atoms with E-state index in [0.29, 0.717) is 11.8 Å². The van der Waals surface area contributed by atoms with Gasteiger partial charge < -0.3 is 10.4 Å². The van der Waals surface area contributed by atoms with Crippen molar-refractivity contribution in [1.29, 1.82) is 0 Å². The van der Waals surface area contributed by atoms with Crippen LogP contribution in [0.5, 0.6) is 5.75 Å². The van der Waals surface area contributed by atoms with Crippen LogP contribution in [-0.4, -0.2) is 36.2 Å². The summed E-state index contributed by atoms with van der Waals surface area (Å²) in [6.45, 7) is 12.0. The van der Waals surface area contributed by atoms with Gasteiger partial charge in [-0.25, -0.2) is 0 Å². The molecule has 0 amide bonds. The van der Waals surface area contributed by atoms with Crippen LogP contribution in [-0.2, 0) is 0 Å². The zero-order valence-electron chi connectivity index (χ0n) is 11.9. The summed E-state index contributed by atoms with van der Waals surface area (Å²) in [6.07, 6.45) is 2.94. The van der Waals surface area contributed by atoms with Gasteiger partial charge in [0.2, 0.25) is 0 Å². The lowest BCUT2D eigenvalue weighted by atomic mass is 9.96. The van der Waals surface area contributed by atoms with E-state index in [1.54, 1.807) is 0 Å². The Labute approximate surface area is 115 Å². The maximum atomic E-state index is 9.91. The second-order valence-electron chi connectivity index (χ2n) is 5.33. The van der Waals surface area contributed by atoms with E-state index in [1.165, 1.54) is 5.56 Å². The Morgan fingerprint density at radius 1 is 1.32 bits per heavy atom. The predicted molar refractivity (Wildman–Crippen MR) is 79.6 cm³/mol. The molecule has 1 saturated heterocycles. The first-order chi connectivity index (χ1) is 9.13. The van der Waals surface area contributed by atoms with Gasteiger partial charge in [0.25, 0.3) is 0 Å². The van der Waals surface area contributed by atoms with Crippen molar-refractivity contribution in [3.05, 3.63) is 41.5 Å². The van der Waals surface area contributed by atoms with Crippen LogP contribution in [0.3, 0.4) is 0 Å². The quantitative estimate of drug-likeness (QED) is 0.817. The molecule has 104 valence electrons. The van der Waals surface area contributed by atoms with Gasteiger partial charge in [0.15, 0.2) is 0 Å².